The molecule has 0 saturated heterocycles. The van der Waals surface area contributed by atoms with Crippen molar-refractivity contribution < 1.29 is 9.18 Å². The Balaban J connectivity index is 2.32. The highest BCUT2D eigenvalue weighted by Crippen LogP contribution is 2.24. The Kier molecular flexibility index (Phi) is 3.15. The Hall–Kier alpha value is -1.09. The summed E-state index contributed by atoms with van der Waals surface area (Å²) < 4.78 is 13.9. The maximum Gasteiger partial charge on any atom is 0.237 e. The monoisotopic (exact) mass is 241 g/mol. The van der Waals surface area contributed by atoms with Crippen LogP contribution in [0.2, 0.25) is 0 Å². The van der Waals surface area contributed by atoms with Crippen LogP contribution in [0.5, 0.6) is 0 Å². The predicted molar refractivity (Wildman–Crippen MR) is 61.0 cm³/mol. The molecule has 86 valence electrons. The van der Waals surface area contributed by atoms with E-state index in [0.29, 0.717) is 30.6 Å². The molecule has 0 fully saturated rings. The third-order valence-corrected chi connectivity index (χ3v) is 3.23. The molecule has 1 aromatic rings. The Bertz CT molecular complexity index is 433. The van der Waals surface area contributed by atoms with Crippen LogP contribution < -0.4 is 0 Å². The standard InChI is InChI=1S/C12H13ClFNO/c1-8-2-3-9-4-5-15(11(16)6-13)7-10(9)12(8)14/h2-3H,4-7H2,1H3. The van der Waals surface area contributed by atoms with Crippen molar-refractivity contribution in [2.45, 2.75) is 19.9 Å². The maximum absolute atomic E-state index is 13.9. The van der Waals surface area contributed by atoms with Crippen molar-refractivity contribution in [1.82, 2.24) is 4.90 Å². The summed E-state index contributed by atoms with van der Waals surface area (Å²) in [5.74, 6) is -0.360. The first kappa shape index (κ1) is 11.4. The van der Waals surface area contributed by atoms with Crippen LogP contribution in [0.15, 0.2) is 12.1 Å². The second kappa shape index (κ2) is 4.42. The molecule has 1 aromatic carbocycles. The fourth-order valence-corrected chi connectivity index (χ4v) is 2.18. The molecule has 16 heavy (non-hydrogen) atoms. The number of benzene rings is 1. The summed E-state index contributed by atoms with van der Waals surface area (Å²) in [7, 11) is 0. The average Bonchev–Trinajstić information content (AvgIpc) is 2.32. The first-order chi connectivity index (χ1) is 7.63. The molecule has 0 N–H and O–H groups in total. The quantitative estimate of drug-likeness (QED) is 0.691. The van der Waals surface area contributed by atoms with Gasteiger partial charge < -0.3 is 4.90 Å². The number of hydrogen-bond acceptors (Lipinski definition) is 1. The summed E-state index contributed by atoms with van der Waals surface area (Å²) in [5, 5.41) is 0. The third-order valence-electron chi connectivity index (χ3n) is 3.00. The lowest BCUT2D eigenvalue weighted by atomic mass is 9.97. The largest absolute Gasteiger partial charge is 0.337 e. The summed E-state index contributed by atoms with van der Waals surface area (Å²) in [6, 6.07) is 3.73. The number of rotatable bonds is 1. The Morgan fingerprint density at radius 3 is 3.00 bits per heavy atom. The van der Waals surface area contributed by atoms with Crippen molar-refractivity contribution in [3.63, 3.8) is 0 Å². The normalized spacial score (nSPS) is 14.8. The van der Waals surface area contributed by atoms with Crippen LogP contribution in [0, 0.1) is 12.7 Å². The van der Waals surface area contributed by atoms with Crippen LogP contribution in [0.3, 0.4) is 0 Å². The van der Waals surface area contributed by atoms with E-state index in [0.717, 1.165) is 5.56 Å². The Labute approximate surface area is 99.0 Å². The number of carbonyl (C=O) groups excluding carboxylic acids is 1. The molecule has 0 unspecified atom stereocenters. The van der Waals surface area contributed by atoms with Crippen LogP contribution in [-0.4, -0.2) is 23.2 Å². The van der Waals surface area contributed by atoms with E-state index in [1.54, 1.807) is 17.9 Å². The maximum atomic E-state index is 13.9. The van der Waals surface area contributed by atoms with E-state index in [1.807, 2.05) is 6.07 Å². The zero-order valence-corrected chi connectivity index (χ0v) is 9.85. The minimum Gasteiger partial charge on any atom is -0.337 e. The van der Waals surface area contributed by atoms with Gasteiger partial charge in [0.15, 0.2) is 0 Å². The highest BCUT2D eigenvalue weighted by atomic mass is 35.5. The van der Waals surface area contributed by atoms with E-state index in [-0.39, 0.29) is 17.6 Å². The molecule has 0 spiro atoms. The minimum absolute atomic E-state index is 0.0389. The SMILES string of the molecule is Cc1ccc2c(c1F)CN(C(=O)CCl)CC2. The summed E-state index contributed by atoms with van der Waals surface area (Å²) in [5.41, 5.74) is 2.27. The number of amides is 1. The number of aryl methyl sites for hydroxylation is 1. The Morgan fingerprint density at radius 2 is 2.31 bits per heavy atom. The van der Waals surface area contributed by atoms with Gasteiger partial charge in [-0.2, -0.15) is 0 Å². The number of fused-ring (bicyclic) bond motifs is 1. The van der Waals surface area contributed by atoms with Crippen LogP contribution in [0.25, 0.3) is 0 Å². The molecule has 1 aliphatic heterocycles. The van der Waals surface area contributed by atoms with Gasteiger partial charge in [0, 0.05) is 18.7 Å². The number of hydrogen-bond donors (Lipinski definition) is 0. The first-order valence-electron chi connectivity index (χ1n) is 5.24. The van der Waals surface area contributed by atoms with E-state index >= 15 is 0 Å². The highest BCUT2D eigenvalue weighted by molar-refractivity contribution is 6.27. The molecule has 0 aromatic heterocycles. The number of nitrogens with zero attached hydrogens (tertiary/aromatic N) is 1. The number of carbonyl (C=O) groups is 1. The summed E-state index contributed by atoms with van der Waals surface area (Å²) in [6.45, 7) is 2.70. The van der Waals surface area contributed by atoms with E-state index in [4.69, 9.17) is 11.6 Å². The topological polar surface area (TPSA) is 20.3 Å². The van der Waals surface area contributed by atoms with Crippen molar-refractivity contribution in [3.05, 3.63) is 34.6 Å². The molecule has 2 nitrogen and oxygen atoms in total. The van der Waals surface area contributed by atoms with E-state index in [9.17, 15) is 9.18 Å². The molecule has 0 saturated carbocycles. The molecule has 4 heteroatoms. The van der Waals surface area contributed by atoms with Crippen molar-refractivity contribution in [2.24, 2.45) is 0 Å². The van der Waals surface area contributed by atoms with Gasteiger partial charge in [-0.15, -0.1) is 11.6 Å². The molecule has 1 aliphatic rings. The minimum atomic E-state index is -0.190. The molecule has 0 atom stereocenters. The van der Waals surface area contributed by atoms with Gasteiger partial charge in [-0.05, 0) is 24.5 Å². The van der Waals surface area contributed by atoms with Gasteiger partial charge in [-0.3, -0.25) is 4.79 Å². The first-order valence-corrected chi connectivity index (χ1v) is 5.77. The Morgan fingerprint density at radius 1 is 1.56 bits per heavy atom. The molecule has 1 amide bonds. The molecule has 2 rings (SSSR count). The average molecular weight is 242 g/mol. The zero-order valence-electron chi connectivity index (χ0n) is 9.09. The number of halogens is 2. The van der Waals surface area contributed by atoms with Crippen molar-refractivity contribution in [3.8, 4) is 0 Å². The fourth-order valence-electron chi connectivity index (χ4n) is 2.01. The predicted octanol–water partition coefficient (Wildman–Crippen LogP) is 2.26. The van der Waals surface area contributed by atoms with Gasteiger partial charge in [-0.1, -0.05) is 12.1 Å². The molecule has 0 aliphatic carbocycles. The highest BCUT2D eigenvalue weighted by Gasteiger charge is 2.22. The molecular formula is C12H13ClFNO. The molecule has 1 heterocycles. The van der Waals surface area contributed by atoms with Gasteiger partial charge in [0.2, 0.25) is 5.91 Å². The van der Waals surface area contributed by atoms with Crippen LogP contribution in [-0.2, 0) is 17.8 Å². The lowest BCUT2D eigenvalue weighted by Gasteiger charge is -2.29. The van der Waals surface area contributed by atoms with E-state index in [2.05, 4.69) is 0 Å². The van der Waals surface area contributed by atoms with Crippen molar-refractivity contribution in [1.29, 1.82) is 0 Å². The van der Waals surface area contributed by atoms with Gasteiger partial charge in [0.1, 0.15) is 11.7 Å². The fraction of sp³-hybridized carbons (Fsp3) is 0.417. The van der Waals surface area contributed by atoms with Crippen molar-refractivity contribution >= 4 is 17.5 Å². The van der Waals surface area contributed by atoms with Gasteiger partial charge in [0.05, 0.1) is 0 Å². The lowest BCUT2D eigenvalue weighted by molar-refractivity contribution is -0.129. The van der Waals surface area contributed by atoms with Crippen LogP contribution >= 0.6 is 11.6 Å². The molecule has 0 radical (unpaired) electrons. The van der Waals surface area contributed by atoms with Gasteiger partial charge in [-0.25, -0.2) is 4.39 Å². The van der Waals surface area contributed by atoms with E-state index in [1.165, 1.54) is 0 Å². The smallest absolute Gasteiger partial charge is 0.237 e. The molecule has 0 bridgehead atoms. The summed E-state index contributed by atoms with van der Waals surface area (Å²) in [6.07, 6.45) is 0.704. The third kappa shape index (κ3) is 1.92. The zero-order chi connectivity index (χ0) is 11.7. The molecular weight excluding hydrogens is 229 g/mol. The van der Waals surface area contributed by atoms with E-state index < -0.39 is 0 Å². The summed E-state index contributed by atoms with van der Waals surface area (Å²) >= 11 is 5.50. The summed E-state index contributed by atoms with van der Waals surface area (Å²) in [4.78, 5) is 13.1. The second-order valence-corrected chi connectivity index (χ2v) is 4.30. The van der Waals surface area contributed by atoms with Crippen LogP contribution in [0.4, 0.5) is 4.39 Å². The lowest BCUT2D eigenvalue weighted by Crippen LogP contribution is -2.37. The van der Waals surface area contributed by atoms with Crippen molar-refractivity contribution in [2.75, 3.05) is 12.4 Å². The second-order valence-electron chi connectivity index (χ2n) is 4.03. The van der Waals surface area contributed by atoms with Gasteiger partial charge in [0.25, 0.3) is 0 Å². The van der Waals surface area contributed by atoms with Crippen LogP contribution in [0.1, 0.15) is 16.7 Å². The number of alkyl halides is 1. The van der Waals surface area contributed by atoms with Gasteiger partial charge >= 0.3 is 0 Å².